The lowest BCUT2D eigenvalue weighted by Gasteiger charge is -2.27. The molecule has 0 radical (unpaired) electrons. The lowest BCUT2D eigenvalue weighted by Crippen LogP contribution is -2.60. The Kier molecular flexibility index (Phi) is 12.8. The van der Waals surface area contributed by atoms with E-state index in [9.17, 15) is 34.2 Å². The predicted molar refractivity (Wildman–Crippen MR) is 115 cm³/mol. The minimum Gasteiger partial charge on any atom is -0.480 e. The summed E-state index contributed by atoms with van der Waals surface area (Å²) in [6, 6.07) is -4.97. The Bertz CT molecular complexity index is 661. The van der Waals surface area contributed by atoms with Gasteiger partial charge in [0.05, 0.1) is 12.1 Å². The number of carboxylic acids is 1. The van der Waals surface area contributed by atoms with Gasteiger partial charge in [0, 0.05) is 12.2 Å². The van der Waals surface area contributed by atoms with Gasteiger partial charge in [-0.1, -0.05) is 20.3 Å². The van der Waals surface area contributed by atoms with Gasteiger partial charge in [0.1, 0.15) is 18.1 Å². The summed E-state index contributed by atoms with van der Waals surface area (Å²) in [4.78, 5) is 59.4. The van der Waals surface area contributed by atoms with Crippen molar-refractivity contribution in [1.29, 1.82) is 0 Å². The molecule has 0 aromatic heterocycles. The summed E-state index contributed by atoms with van der Waals surface area (Å²) in [6.45, 7) is 4.65. The molecular weight excluding hydrogens is 430 g/mol. The van der Waals surface area contributed by atoms with Crippen molar-refractivity contribution in [2.75, 3.05) is 5.75 Å². The van der Waals surface area contributed by atoms with Crippen LogP contribution in [0.1, 0.15) is 40.0 Å². The van der Waals surface area contributed by atoms with Gasteiger partial charge in [-0.3, -0.25) is 19.2 Å². The molecule has 0 rings (SSSR count). The molecule has 178 valence electrons. The van der Waals surface area contributed by atoms with Gasteiger partial charge in [0.2, 0.25) is 23.6 Å². The zero-order valence-electron chi connectivity index (χ0n) is 17.8. The third-order valence-electron chi connectivity index (χ3n) is 4.69. The molecule has 0 heterocycles. The summed E-state index contributed by atoms with van der Waals surface area (Å²) in [5.41, 5.74) is 10.7. The van der Waals surface area contributed by atoms with Gasteiger partial charge in [0.15, 0.2) is 0 Å². The van der Waals surface area contributed by atoms with E-state index < -0.39 is 65.8 Å². The zero-order valence-corrected chi connectivity index (χ0v) is 18.7. The third kappa shape index (κ3) is 9.98. The summed E-state index contributed by atoms with van der Waals surface area (Å²) in [5.74, 6) is -4.87. The van der Waals surface area contributed by atoms with Crippen LogP contribution in [0, 0.1) is 5.92 Å². The third-order valence-corrected chi connectivity index (χ3v) is 5.06. The van der Waals surface area contributed by atoms with Crippen LogP contribution in [0.25, 0.3) is 0 Å². The van der Waals surface area contributed by atoms with Gasteiger partial charge >= 0.3 is 5.97 Å². The molecule has 9 N–H and O–H groups in total. The molecule has 6 unspecified atom stereocenters. The highest BCUT2D eigenvalue weighted by molar-refractivity contribution is 7.80. The topological polar surface area (TPSA) is 214 Å². The zero-order chi connectivity index (χ0) is 24.3. The molecule has 0 fully saturated rings. The minimum absolute atomic E-state index is 0.0209. The van der Waals surface area contributed by atoms with E-state index in [1.807, 2.05) is 0 Å². The van der Waals surface area contributed by atoms with Crippen LogP contribution in [0.15, 0.2) is 0 Å². The first kappa shape index (κ1) is 28.6. The summed E-state index contributed by atoms with van der Waals surface area (Å²) >= 11 is 4.00. The number of nitrogens with two attached hydrogens (primary N) is 2. The summed E-state index contributed by atoms with van der Waals surface area (Å²) < 4.78 is 0. The number of aliphatic hydroxyl groups excluding tert-OH is 1. The second-order valence-corrected chi connectivity index (χ2v) is 7.66. The summed E-state index contributed by atoms with van der Waals surface area (Å²) in [7, 11) is 0. The fourth-order valence-corrected chi connectivity index (χ4v) is 2.74. The first-order chi connectivity index (χ1) is 14.3. The van der Waals surface area contributed by atoms with Crippen LogP contribution in [0.3, 0.4) is 0 Å². The maximum absolute atomic E-state index is 12.5. The maximum Gasteiger partial charge on any atom is 0.326 e. The van der Waals surface area contributed by atoms with Crippen molar-refractivity contribution in [3.05, 3.63) is 0 Å². The van der Waals surface area contributed by atoms with E-state index in [1.54, 1.807) is 13.8 Å². The lowest BCUT2D eigenvalue weighted by atomic mass is 9.98. The Morgan fingerprint density at radius 3 is 1.94 bits per heavy atom. The number of hydrogen-bond donors (Lipinski definition) is 8. The maximum atomic E-state index is 12.5. The van der Waals surface area contributed by atoms with Crippen LogP contribution >= 0.6 is 12.6 Å². The summed E-state index contributed by atoms with van der Waals surface area (Å²) in [5, 5.41) is 26.2. The van der Waals surface area contributed by atoms with Crippen molar-refractivity contribution in [2.24, 2.45) is 17.4 Å². The van der Waals surface area contributed by atoms with Crippen molar-refractivity contribution < 1.29 is 34.2 Å². The van der Waals surface area contributed by atoms with Crippen molar-refractivity contribution in [3.8, 4) is 0 Å². The molecule has 0 saturated carbocycles. The van der Waals surface area contributed by atoms with Gasteiger partial charge in [-0.05, 0) is 19.3 Å². The first-order valence-corrected chi connectivity index (χ1v) is 10.5. The van der Waals surface area contributed by atoms with Gasteiger partial charge in [0.25, 0.3) is 0 Å². The molecular formula is C18H33N5O7S. The number of hydrogen-bond acceptors (Lipinski definition) is 8. The molecule has 31 heavy (non-hydrogen) atoms. The van der Waals surface area contributed by atoms with E-state index >= 15 is 0 Å². The number of nitrogens with one attached hydrogen (secondary N) is 3. The highest BCUT2D eigenvalue weighted by atomic mass is 32.1. The van der Waals surface area contributed by atoms with Crippen LogP contribution in [-0.4, -0.2) is 75.8 Å². The number of thiol groups is 1. The van der Waals surface area contributed by atoms with Crippen LogP contribution < -0.4 is 27.4 Å². The molecule has 4 amide bonds. The first-order valence-electron chi connectivity index (χ1n) is 9.82. The smallest absolute Gasteiger partial charge is 0.326 e. The quantitative estimate of drug-likeness (QED) is 0.128. The Hall–Kier alpha value is -2.38. The number of carbonyl (C=O) groups is 5. The Balaban J connectivity index is 5.18. The highest BCUT2D eigenvalue weighted by Gasteiger charge is 2.33. The number of rotatable bonds is 14. The standard InChI is InChI=1S/C18H33N5O7S/c1-4-8(2)13(18(29)30)22-17(28)14(9(3)24)23-16(27)11(7-31)21-15(26)10(19)5-6-12(20)25/h8-11,13-14,24,31H,4-7,19H2,1-3H3,(H2,20,25)(H,21,26)(H,22,28)(H,23,27)(H,29,30). The van der Waals surface area contributed by atoms with Gasteiger partial charge in [-0.15, -0.1) is 0 Å². The monoisotopic (exact) mass is 463 g/mol. The molecule has 0 aromatic rings. The van der Waals surface area contributed by atoms with E-state index in [2.05, 4.69) is 28.6 Å². The summed E-state index contributed by atoms with van der Waals surface area (Å²) in [6.07, 6.45) is -1.01. The van der Waals surface area contributed by atoms with E-state index in [4.69, 9.17) is 11.5 Å². The van der Waals surface area contributed by atoms with Crippen LogP contribution in [0.2, 0.25) is 0 Å². The van der Waals surface area contributed by atoms with Gasteiger partial charge in [-0.2, -0.15) is 12.6 Å². The average Bonchev–Trinajstić information content (AvgIpc) is 2.70. The second kappa shape index (κ2) is 13.8. The molecule has 0 aliphatic carbocycles. The number of carbonyl (C=O) groups excluding carboxylic acids is 4. The molecule has 0 spiro atoms. The molecule has 0 bridgehead atoms. The fourth-order valence-electron chi connectivity index (χ4n) is 2.49. The van der Waals surface area contributed by atoms with E-state index in [0.717, 1.165) is 0 Å². The predicted octanol–water partition coefficient (Wildman–Crippen LogP) is -2.53. The van der Waals surface area contributed by atoms with E-state index in [1.165, 1.54) is 6.92 Å². The highest BCUT2D eigenvalue weighted by Crippen LogP contribution is 2.09. The van der Waals surface area contributed by atoms with E-state index in [-0.39, 0.29) is 18.6 Å². The van der Waals surface area contributed by atoms with Crippen molar-refractivity contribution in [3.63, 3.8) is 0 Å². The second-order valence-electron chi connectivity index (χ2n) is 7.29. The molecule has 13 heteroatoms. The molecule has 6 atom stereocenters. The van der Waals surface area contributed by atoms with Crippen LogP contribution in [-0.2, 0) is 24.0 Å². The molecule has 0 saturated heterocycles. The van der Waals surface area contributed by atoms with Gasteiger partial charge < -0.3 is 37.6 Å². The number of aliphatic carboxylic acids is 1. The molecule has 0 aliphatic rings. The minimum atomic E-state index is -1.47. The largest absolute Gasteiger partial charge is 0.480 e. The number of carboxylic acid groups (broad SMARTS) is 1. The number of amides is 4. The SMILES string of the molecule is CCC(C)C(NC(=O)C(NC(=O)C(CS)NC(=O)C(N)CCC(N)=O)C(C)O)C(=O)O. The Morgan fingerprint density at radius 2 is 1.52 bits per heavy atom. The average molecular weight is 464 g/mol. The van der Waals surface area contributed by atoms with E-state index in [0.29, 0.717) is 6.42 Å². The van der Waals surface area contributed by atoms with Crippen LogP contribution in [0.5, 0.6) is 0 Å². The van der Waals surface area contributed by atoms with Crippen molar-refractivity contribution in [1.82, 2.24) is 16.0 Å². The molecule has 0 aliphatic heterocycles. The van der Waals surface area contributed by atoms with Crippen LogP contribution in [0.4, 0.5) is 0 Å². The van der Waals surface area contributed by atoms with Gasteiger partial charge in [-0.25, -0.2) is 4.79 Å². The van der Waals surface area contributed by atoms with Crippen molar-refractivity contribution in [2.45, 2.75) is 70.3 Å². The number of aliphatic hydroxyl groups is 1. The Morgan fingerprint density at radius 1 is 0.968 bits per heavy atom. The Labute approximate surface area is 186 Å². The number of primary amides is 1. The normalized spacial score (nSPS) is 16.7. The van der Waals surface area contributed by atoms with Crippen molar-refractivity contribution >= 4 is 42.2 Å². The fraction of sp³-hybridized carbons (Fsp3) is 0.722. The molecule has 0 aromatic carbocycles. The lowest BCUT2D eigenvalue weighted by molar-refractivity contribution is -0.144. The molecule has 12 nitrogen and oxygen atoms in total.